The molecule has 0 aromatic heterocycles. The largest absolute Gasteiger partial charge is 0.496 e. The monoisotopic (exact) mass is 263 g/mol. The first kappa shape index (κ1) is 13.9. The molecule has 1 aliphatic carbocycles. The minimum Gasteiger partial charge on any atom is -0.496 e. The molecule has 104 valence electrons. The molecule has 0 heterocycles. The molecule has 3 N–H and O–H groups in total. The second-order valence-electron chi connectivity index (χ2n) is 5.07. The van der Waals surface area contributed by atoms with E-state index in [-0.39, 0.29) is 12.5 Å². The summed E-state index contributed by atoms with van der Waals surface area (Å²) in [5.74, 6) is -0.0160. The molecule has 1 atom stereocenters. The highest BCUT2D eigenvalue weighted by Crippen LogP contribution is 2.35. The van der Waals surface area contributed by atoms with Crippen molar-refractivity contribution in [2.24, 2.45) is 5.73 Å². The van der Waals surface area contributed by atoms with E-state index in [1.807, 2.05) is 6.07 Å². The molecule has 1 unspecified atom stereocenters. The molecule has 0 amide bonds. The van der Waals surface area contributed by atoms with Gasteiger partial charge in [-0.1, -0.05) is 6.07 Å². The quantitative estimate of drug-likeness (QED) is 0.855. The number of hydrogen-bond acceptors (Lipinski definition) is 3. The zero-order chi connectivity index (χ0) is 13.8. The topological polar surface area (TPSA) is 72.5 Å². The summed E-state index contributed by atoms with van der Waals surface area (Å²) in [6.07, 6.45) is 5.01. The SMILES string of the molecule is COc1ccc2c(c1C(N)CCC(=O)O)CCCC2. The Labute approximate surface area is 113 Å². The number of rotatable bonds is 5. The van der Waals surface area contributed by atoms with Gasteiger partial charge < -0.3 is 15.6 Å². The van der Waals surface area contributed by atoms with Crippen LogP contribution >= 0.6 is 0 Å². The Balaban J connectivity index is 2.32. The first-order valence-corrected chi connectivity index (χ1v) is 6.79. The van der Waals surface area contributed by atoms with Gasteiger partial charge in [-0.15, -0.1) is 0 Å². The number of methoxy groups -OCH3 is 1. The van der Waals surface area contributed by atoms with E-state index in [1.165, 1.54) is 24.0 Å². The van der Waals surface area contributed by atoms with Crippen LogP contribution < -0.4 is 10.5 Å². The second-order valence-corrected chi connectivity index (χ2v) is 5.07. The van der Waals surface area contributed by atoms with Crippen LogP contribution in [0.5, 0.6) is 5.75 Å². The van der Waals surface area contributed by atoms with Gasteiger partial charge >= 0.3 is 5.97 Å². The number of carboxylic acids is 1. The maximum Gasteiger partial charge on any atom is 0.303 e. The van der Waals surface area contributed by atoms with Crippen LogP contribution in [-0.4, -0.2) is 18.2 Å². The number of ether oxygens (including phenoxy) is 1. The molecule has 0 radical (unpaired) electrons. The fourth-order valence-corrected chi connectivity index (χ4v) is 2.84. The highest BCUT2D eigenvalue weighted by atomic mass is 16.5. The van der Waals surface area contributed by atoms with Crippen molar-refractivity contribution < 1.29 is 14.6 Å². The van der Waals surface area contributed by atoms with Gasteiger partial charge in [0.25, 0.3) is 0 Å². The fraction of sp³-hybridized carbons (Fsp3) is 0.533. The maximum atomic E-state index is 10.7. The Bertz CT molecular complexity index is 471. The van der Waals surface area contributed by atoms with Crippen molar-refractivity contribution in [1.29, 1.82) is 0 Å². The van der Waals surface area contributed by atoms with Crippen LogP contribution in [0.4, 0.5) is 0 Å². The van der Waals surface area contributed by atoms with Gasteiger partial charge in [0, 0.05) is 18.0 Å². The minimum absolute atomic E-state index is 0.0913. The van der Waals surface area contributed by atoms with Gasteiger partial charge in [-0.05, 0) is 49.3 Å². The Kier molecular flexibility index (Phi) is 4.43. The summed E-state index contributed by atoms with van der Waals surface area (Å²) in [5.41, 5.74) is 9.84. The lowest BCUT2D eigenvalue weighted by Gasteiger charge is -2.25. The van der Waals surface area contributed by atoms with E-state index in [4.69, 9.17) is 15.6 Å². The van der Waals surface area contributed by atoms with Crippen LogP contribution in [0.2, 0.25) is 0 Å². The molecular formula is C15H21NO3. The van der Waals surface area contributed by atoms with Crippen LogP contribution in [0, 0.1) is 0 Å². The highest BCUT2D eigenvalue weighted by molar-refractivity contribution is 5.66. The predicted molar refractivity (Wildman–Crippen MR) is 73.4 cm³/mol. The molecule has 4 heteroatoms. The normalized spacial score (nSPS) is 15.7. The minimum atomic E-state index is -0.806. The Morgan fingerprint density at radius 3 is 2.84 bits per heavy atom. The molecule has 1 aliphatic rings. The summed E-state index contributed by atoms with van der Waals surface area (Å²) in [7, 11) is 1.64. The molecule has 0 spiro atoms. The third-order valence-corrected chi connectivity index (χ3v) is 3.80. The number of benzene rings is 1. The lowest BCUT2D eigenvalue weighted by atomic mass is 9.84. The van der Waals surface area contributed by atoms with Crippen molar-refractivity contribution in [2.45, 2.75) is 44.6 Å². The van der Waals surface area contributed by atoms with Crippen LogP contribution in [0.1, 0.15) is 48.4 Å². The number of carboxylic acid groups (broad SMARTS) is 1. The third-order valence-electron chi connectivity index (χ3n) is 3.80. The van der Waals surface area contributed by atoms with Crippen molar-refractivity contribution >= 4 is 5.97 Å². The number of aliphatic carboxylic acids is 1. The van der Waals surface area contributed by atoms with E-state index in [0.717, 1.165) is 24.2 Å². The van der Waals surface area contributed by atoms with Gasteiger partial charge in [-0.2, -0.15) is 0 Å². The van der Waals surface area contributed by atoms with Gasteiger partial charge in [0.15, 0.2) is 0 Å². The van der Waals surface area contributed by atoms with E-state index in [2.05, 4.69) is 6.07 Å². The summed E-state index contributed by atoms with van der Waals surface area (Å²) in [6, 6.07) is 3.81. The lowest BCUT2D eigenvalue weighted by molar-refractivity contribution is -0.137. The summed E-state index contributed by atoms with van der Waals surface area (Å²) in [6.45, 7) is 0. The molecule has 1 aromatic rings. The summed E-state index contributed by atoms with van der Waals surface area (Å²) < 4.78 is 5.41. The molecule has 0 fully saturated rings. The van der Waals surface area contributed by atoms with Crippen LogP contribution in [0.25, 0.3) is 0 Å². The zero-order valence-electron chi connectivity index (χ0n) is 11.3. The van der Waals surface area contributed by atoms with Crippen molar-refractivity contribution in [3.8, 4) is 5.75 Å². The van der Waals surface area contributed by atoms with Crippen LogP contribution in [0.3, 0.4) is 0 Å². The summed E-state index contributed by atoms with van der Waals surface area (Å²) in [5, 5.41) is 8.79. The molecule has 0 aliphatic heterocycles. The number of hydrogen-bond donors (Lipinski definition) is 2. The average Bonchev–Trinajstić information content (AvgIpc) is 2.43. The standard InChI is InChI=1S/C15H21NO3/c1-19-13-8-6-10-4-2-3-5-11(10)15(13)12(16)7-9-14(17)18/h6,8,12H,2-5,7,9,16H2,1H3,(H,17,18). The maximum absolute atomic E-state index is 10.7. The molecule has 19 heavy (non-hydrogen) atoms. The highest BCUT2D eigenvalue weighted by Gasteiger charge is 2.22. The Morgan fingerprint density at radius 2 is 2.16 bits per heavy atom. The number of aryl methyl sites for hydroxylation is 1. The van der Waals surface area contributed by atoms with Crippen molar-refractivity contribution in [1.82, 2.24) is 0 Å². The van der Waals surface area contributed by atoms with E-state index in [9.17, 15) is 4.79 Å². The van der Waals surface area contributed by atoms with Crippen molar-refractivity contribution in [2.75, 3.05) is 7.11 Å². The van der Waals surface area contributed by atoms with Gasteiger partial charge in [0.1, 0.15) is 5.75 Å². The van der Waals surface area contributed by atoms with Crippen molar-refractivity contribution in [3.63, 3.8) is 0 Å². The van der Waals surface area contributed by atoms with E-state index in [1.54, 1.807) is 7.11 Å². The zero-order valence-corrected chi connectivity index (χ0v) is 11.3. The molecule has 1 aromatic carbocycles. The van der Waals surface area contributed by atoms with Gasteiger partial charge in [0.2, 0.25) is 0 Å². The smallest absolute Gasteiger partial charge is 0.303 e. The van der Waals surface area contributed by atoms with Gasteiger partial charge in [-0.25, -0.2) is 0 Å². The first-order chi connectivity index (χ1) is 9.13. The summed E-state index contributed by atoms with van der Waals surface area (Å²) in [4.78, 5) is 10.7. The van der Waals surface area contributed by atoms with E-state index in [0.29, 0.717) is 6.42 Å². The number of fused-ring (bicyclic) bond motifs is 1. The van der Waals surface area contributed by atoms with E-state index >= 15 is 0 Å². The van der Waals surface area contributed by atoms with E-state index < -0.39 is 5.97 Å². The fourth-order valence-electron chi connectivity index (χ4n) is 2.84. The predicted octanol–water partition coefficient (Wildman–Crippen LogP) is 2.44. The van der Waals surface area contributed by atoms with Crippen LogP contribution in [-0.2, 0) is 17.6 Å². The third kappa shape index (κ3) is 3.07. The Hall–Kier alpha value is -1.55. The molecule has 2 rings (SSSR count). The lowest BCUT2D eigenvalue weighted by Crippen LogP contribution is -2.18. The first-order valence-electron chi connectivity index (χ1n) is 6.79. The molecule has 0 saturated carbocycles. The average molecular weight is 263 g/mol. The number of carbonyl (C=O) groups is 1. The van der Waals surface area contributed by atoms with Crippen LogP contribution in [0.15, 0.2) is 12.1 Å². The molecule has 0 bridgehead atoms. The van der Waals surface area contributed by atoms with Gasteiger partial charge in [-0.3, -0.25) is 4.79 Å². The molecule has 0 saturated heterocycles. The second kappa shape index (κ2) is 6.06. The molecule has 4 nitrogen and oxygen atoms in total. The summed E-state index contributed by atoms with van der Waals surface area (Å²) >= 11 is 0. The van der Waals surface area contributed by atoms with Crippen molar-refractivity contribution in [3.05, 3.63) is 28.8 Å². The Morgan fingerprint density at radius 1 is 1.42 bits per heavy atom. The number of nitrogens with two attached hydrogens (primary N) is 1. The van der Waals surface area contributed by atoms with Gasteiger partial charge in [0.05, 0.1) is 7.11 Å². The molecular weight excluding hydrogens is 242 g/mol.